The smallest absolute Gasteiger partial charge is 0.415 e. The van der Waals surface area contributed by atoms with Crippen molar-refractivity contribution in [2.24, 2.45) is 0 Å². The zero-order chi connectivity index (χ0) is 17.0. The molecule has 1 aliphatic carbocycles. The highest BCUT2D eigenvalue weighted by Crippen LogP contribution is 2.54. The number of fused-ring (bicyclic) bond motifs is 2. The van der Waals surface area contributed by atoms with Crippen molar-refractivity contribution in [3.05, 3.63) is 30.0 Å². The van der Waals surface area contributed by atoms with Crippen molar-refractivity contribution < 1.29 is 9.53 Å². The van der Waals surface area contributed by atoms with Crippen LogP contribution >= 0.6 is 0 Å². The van der Waals surface area contributed by atoms with Crippen LogP contribution in [-0.2, 0) is 10.2 Å². The topological polar surface area (TPSA) is 93.4 Å². The Morgan fingerprint density at radius 2 is 2.16 bits per heavy atom. The fraction of sp³-hybridized carbons (Fsp3) is 0.389. The first-order valence-electron chi connectivity index (χ1n) is 8.61. The summed E-state index contributed by atoms with van der Waals surface area (Å²) in [6.07, 6.45) is 4.63. The molecule has 5 rings (SSSR count). The third-order valence-electron chi connectivity index (χ3n) is 5.29. The molecule has 3 aliphatic rings. The minimum atomic E-state index is -0.372. The van der Waals surface area contributed by atoms with Crippen LogP contribution in [0.4, 0.5) is 22.1 Å². The summed E-state index contributed by atoms with van der Waals surface area (Å²) in [6, 6.07) is 5.69. The van der Waals surface area contributed by atoms with Crippen LogP contribution in [0.2, 0.25) is 0 Å². The van der Waals surface area contributed by atoms with Gasteiger partial charge < -0.3 is 15.8 Å². The van der Waals surface area contributed by atoms with Gasteiger partial charge in [0.15, 0.2) is 0 Å². The fourth-order valence-corrected chi connectivity index (χ4v) is 3.68. The SMILES string of the molecule is Nc1cc(-c2cnc3c(c2)C2(CC2)CN3)nc(N2CCCOC2=O)c1. The normalized spacial score (nSPS) is 20.2. The maximum atomic E-state index is 12.0. The summed E-state index contributed by atoms with van der Waals surface area (Å²) in [4.78, 5) is 22.8. The second kappa shape index (κ2) is 5.08. The number of nitrogens with one attached hydrogen (secondary N) is 1. The number of hydrogen-bond acceptors (Lipinski definition) is 6. The summed E-state index contributed by atoms with van der Waals surface area (Å²) >= 11 is 0. The predicted molar refractivity (Wildman–Crippen MR) is 94.6 cm³/mol. The van der Waals surface area contributed by atoms with E-state index < -0.39 is 0 Å². The van der Waals surface area contributed by atoms with Crippen molar-refractivity contribution in [2.45, 2.75) is 24.7 Å². The van der Waals surface area contributed by atoms with Gasteiger partial charge in [0.05, 0.1) is 12.3 Å². The summed E-state index contributed by atoms with van der Waals surface area (Å²) < 4.78 is 5.11. The first-order valence-corrected chi connectivity index (χ1v) is 8.61. The number of carbonyl (C=O) groups is 1. The van der Waals surface area contributed by atoms with Gasteiger partial charge in [-0.2, -0.15) is 0 Å². The maximum absolute atomic E-state index is 12.0. The maximum Gasteiger partial charge on any atom is 0.415 e. The predicted octanol–water partition coefficient (Wildman–Crippen LogP) is 2.53. The number of nitrogens with two attached hydrogens (primary N) is 1. The van der Waals surface area contributed by atoms with E-state index in [1.54, 1.807) is 6.07 Å². The van der Waals surface area contributed by atoms with E-state index in [0.717, 1.165) is 30.0 Å². The molecule has 1 spiro atoms. The van der Waals surface area contributed by atoms with Gasteiger partial charge in [-0.25, -0.2) is 14.8 Å². The summed E-state index contributed by atoms with van der Waals surface area (Å²) in [5, 5.41) is 3.39. The van der Waals surface area contributed by atoms with E-state index >= 15 is 0 Å². The molecule has 128 valence electrons. The summed E-state index contributed by atoms with van der Waals surface area (Å²) in [7, 11) is 0. The molecule has 2 aliphatic heterocycles. The molecule has 7 heteroatoms. The van der Waals surface area contributed by atoms with Crippen LogP contribution in [0.5, 0.6) is 0 Å². The standard InChI is InChI=1S/C18H19N5O2/c19-12-7-14(22-15(8-12)23-4-1-5-25-17(23)24)11-6-13-16(20-9-11)21-10-18(13)2-3-18/h6-9H,1-5,10H2,(H2,19,22)(H,20,21). The third-order valence-corrected chi connectivity index (χ3v) is 5.29. The van der Waals surface area contributed by atoms with Crippen molar-refractivity contribution in [1.82, 2.24) is 9.97 Å². The van der Waals surface area contributed by atoms with Crippen LogP contribution in [0.1, 0.15) is 24.8 Å². The minimum absolute atomic E-state index is 0.262. The van der Waals surface area contributed by atoms with Crippen molar-refractivity contribution in [1.29, 1.82) is 0 Å². The van der Waals surface area contributed by atoms with Crippen molar-refractivity contribution in [3.8, 4) is 11.3 Å². The molecule has 0 radical (unpaired) electrons. The molecule has 2 aromatic rings. The van der Waals surface area contributed by atoms with Gasteiger partial charge >= 0.3 is 6.09 Å². The van der Waals surface area contributed by atoms with Gasteiger partial charge in [-0.05, 0) is 31.4 Å². The van der Waals surface area contributed by atoms with Crippen LogP contribution in [-0.4, -0.2) is 35.8 Å². The number of cyclic esters (lactones) is 1. The van der Waals surface area contributed by atoms with Crippen molar-refractivity contribution >= 4 is 23.4 Å². The Morgan fingerprint density at radius 1 is 1.28 bits per heavy atom. The van der Waals surface area contributed by atoms with Gasteiger partial charge in [0.1, 0.15) is 11.6 Å². The summed E-state index contributed by atoms with van der Waals surface area (Å²) in [6.45, 7) is 2.01. The lowest BCUT2D eigenvalue weighted by Gasteiger charge is -2.26. The van der Waals surface area contributed by atoms with E-state index in [1.165, 1.54) is 23.3 Å². The lowest BCUT2D eigenvalue weighted by molar-refractivity contribution is 0.140. The van der Waals surface area contributed by atoms with Crippen molar-refractivity contribution in [3.63, 3.8) is 0 Å². The van der Waals surface area contributed by atoms with Gasteiger partial charge in [0.25, 0.3) is 0 Å². The van der Waals surface area contributed by atoms with Gasteiger partial charge in [-0.15, -0.1) is 0 Å². The average Bonchev–Trinajstić information content (AvgIpc) is 3.31. The Labute approximate surface area is 145 Å². The van der Waals surface area contributed by atoms with E-state index in [9.17, 15) is 4.79 Å². The molecule has 0 atom stereocenters. The monoisotopic (exact) mass is 337 g/mol. The number of carbonyl (C=O) groups excluding carboxylic acids is 1. The molecule has 0 unspecified atom stereocenters. The summed E-state index contributed by atoms with van der Waals surface area (Å²) in [5.74, 6) is 1.50. The van der Waals surface area contributed by atoms with Gasteiger partial charge in [-0.3, -0.25) is 4.90 Å². The number of anilines is 3. The van der Waals surface area contributed by atoms with E-state index in [0.29, 0.717) is 24.7 Å². The third kappa shape index (κ3) is 2.30. The van der Waals surface area contributed by atoms with Crippen LogP contribution in [0.25, 0.3) is 11.3 Å². The lowest BCUT2D eigenvalue weighted by Crippen LogP contribution is -2.38. The zero-order valence-corrected chi connectivity index (χ0v) is 13.8. The fourth-order valence-electron chi connectivity index (χ4n) is 3.68. The Hall–Kier alpha value is -2.83. The molecule has 3 N–H and O–H groups in total. The number of aromatic nitrogens is 2. The van der Waals surface area contributed by atoms with E-state index in [2.05, 4.69) is 21.4 Å². The first kappa shape index (κ1) is 14.5. The lowest BCUT2D eigenvalue weighted by atomic mass is 9.98. The number of ether oxygens (including phenoxy) is 1. The highest BCUT2D eigenvalue weighted by Gasteiger charge is 2.49. The van der Waals surface area contributed by atoms with E-state index in [4.69, 9.17) is 10.5 Å². The second-order valence-electron chi connectivity index (χ2n) is 7.02. The van der Waals surface area contributed by atoms with E-state index in [1.807, 2.05) is 12.3 Å². The molecule has 1 amide bonds. The Bertz CT molecular complexity index is 878. The molecule has 0 aromatic carbocycles. The average molecular weight is 337 g/mol. The molecular weight excluding hydrogens is 318 g/mol. The number of nitrogens with zero attached hydrogens (tertiary/aromatic N) is 3. The highest BCUT2D eigenvalue weighted by molar-refractivity contribution is 5.88. The molecule has 1 saturated heterocycles. The van der Waals surface area contributed by atoms with Crippen LogP contribution < -0.4 is 16.0 Å². The van der Waals surface area contributed by atoms with Gasteiger partial charge in [0.2, 0.25) is 0 Å². The Balaban J connectivity index is 1.55. The van der Waals surface area contributed by atoms with Gasteiger partial charge in [0, 0.05) is 47.6 Å². The molecule has 2 aromatic heterocycles. The zero-order valence-electron chi connectivity index (χ0n) is 13.8. The molecule has 25 heavy (non-hydrogen) atoms. The van der Waals surface area contributed by atoms with Crippen LogP contribution in [0.3, 0.4) is 0 Å². The molecule has 4 heterocycles. The first-order chi connectivity index (χ1) is 12.1. The highest BCUT2D eigenvalue weighted by atomic mass is 16.6. The largest absolute Gasteiger partial charge is 0.449 e. The van der Waals surface area contributed by atoms with Gasteiger partial charge in [-0.1, -0.05) is 0 Å². The van der Waals surface area contributed by atoms with Crippen LogP contribution in [0.15, 0.2) is 24.4 Å². The second-order valence-corrected chi connectivity index (χ2v) is 7.02. The van der Waals surface area contributed by atoms with E-state index in [-0.39, 0.29) is 11.5 Å². The molecule has 2 fully saturated rings. The minimum Gasteiger partial charge on any atom is -0.449 e. The van der Waals surface area contributed by atoms with Crippen LogP contribution in [0, 0.1) is 0 Å². The number of pyridine rings is 2. The number of amides is 1. The number of hydrogen-bond donors (Lipinski definition) is 2. The summed E-state index contributed by atoms with van der Waals surface area (Å²) in [5.41, 5.74) is 9.83. The molecular formula is C18H19N5O2. The molecule has 7 nitrogen and oxygen atoms in total. The number of rotatable bonds is 2. The quantitative estimate of drug-likeness (QED) is 0.875. The molecule has 1 saturated carbocycles. The molecule has 0 bridgehead atoms. The Kier molecular flexibility index (Phi) is 2.95. The number of nitrogen functional groups attached to an aromatic ring is 1. The Morgan fingerprint density at radius 3 is 2.96 bits per heavy atom. The van der Waals surface area contributed by atoms with Crippen molar-refractivity contribution in [2.75, 3.05) is 35.6 Å².